The normalized spacial score (nSPS) is 37.8. The number of carbonyl (C=O) groups is 5. The highest BCUT2D eigenvalue weighted by atomic mass is 16.6. The molecule has 1 saturated carbocycles. The van der Waals surface area contributed by atoms with E-state index in [0.717, 1.165) is 24.8 Å². The first kappa shape index (κ1) is 54.3. The summed E-state index contributed by atoms with van der Waals surface area (Å²) in [5, 5.41) is 23.4. The minimum absolute atomic E-state index is 0.0304. The number of ether oxygens (including phenoxy) is 5. The zero-order valence-corrected chi connectivity index (χ0v) is 41.2. The van der Waals surface area contributed by atoms with Crippen LogP contribution in [0.25, 0.3) is 0 Å². The Morgan fingerprint density at radius 2 is 1.57 bits per heavy atom. The number of aliphatic hydroxyl groups is 2. The van der Waals surface area contributed by atoms with Gasteiger partial charge in [-0.25, -0.2) is 4.79 Å². The van der Waals surface area contributed by atoms with Gasteiger partial charge in [-0.05, 0) is 113 Å². The number of aliphatic hydroxyl groups excluding tert-OH is 1. The van der Waals surface area contributed by atoms with Gasteiger partial charge in [-0.15, -0.1) is 0 Å². The zero-order chi connectivity index (χ0) is 48.2. The summed E-state index contributed by atoms with van der Waals surface area (Å²) in [6.45, 7) is 15.1. The number of carbonyl (C=O) groups excluding carboxylic acids is 5. The Hall–Kier alpha value is -3.33. The van der Waals surface area contributed by atoms with Crippen LogP contribution in [0.3, 0.4) is 0 Å². The lowest BCUT2D eigenvalue weighted by Crippen LogP contribution is -2.61. The van der Waals surface area contributed by atoms with Gasteiger partial charge in [0, 0.05) is 58.5 Å². The molecule has 366 valence electrons. The predicted molar refractivity (Wildman–Crippen MR) is 248 cm³/mol. The number of hydrogen-bond acceptors (Lipinski definition) is 12. The molecule has 0 aromatic carbocycles. The first-order valence-corrected chi connectivity index (χ1v) is 24.2. The summed E-state index contributed by atoms with van der Waals surface area (Å²) in [7, 11) is 4.70. The molecular weight excluding hydrogens is 831 g/mol. The maximum absolute atomic E-state index is 14.4. The van der Waals surface area contributed by atoms with Gasteiger partial charge in [0.1, 0.15) is 30.1 Å². The first-order valence-electron chi connectivity index (χ1n) is 24.2. The monoisotopic (exact) mass is 912 g/mol. The van der Waals surface area contributed by atoms with Crippen molar-refractivity contribution in [2.24, 2.45) is 41.4 Å². The fourth-order valence-electron chi connectivity index (χ4n) is 10.4. The fourth-order valence-corrected chi connectivity index (χ4v) is 10.4. The molecule has 3 aliphatic heterocycles. The number of amides is 1. The molecular formula is C52H81NO12. The van der Waals surface area contributed by atoms with Crippen LogP contribution in [0.2, 0.25) is 0 Å². The molecule has 2 bridgehead atoms. The van der Waals surface area contributed by atoms with Crippen LogP contribution >= 0.6 is 0 Å². The van der Waals surface area contributed by atoms with Crippen molar-refractivity contribution in [3.8, 4) is 0 Å². The van der Waals surface area contributed by atoms with Gasteiger partial charge >= 0.3 is 5.97 Å². The molecule has 2 saturated heterocycles. The Morgan fingerprint density at radius 3 is 2.25 bits per heavy atom. The van der Waals surface area contributed by atoms with Crippen LogP contribution in [0.15, 0.2) is 47.6 Å². The van der Waals surface area contributed by atoms with Gasteiger partial charge in [0.15, 0.2) is 5.78 Å². The van der Waals surface area contributed by atoms with E-state index in [9.17, 15) is 34.2 Å². The average molecular weight is 912 g/mol. The van der Waals surface area contributed by atoms with Crippen molar-refractivity contribution < 1.29 is 57.9 Å². The molecule has 0 radical (unpaired) electrons. The average Bonchev–Trinajstić information content (AvgIpc) is 3.28. The lowest BCUT2D eigenvalue weighted by atomic mass is 9.76. The van der Waals surface area contributed by atoms with Gasteiger partial charge in [-0.2, -0.15) is 0 Å². The number of Topliss-reactive ketones (excluding diaryl/α,β-unsaturated/α-hetero) is 3. The lowest BCUT2D eigenvalue weighted by molar-refractivity contribution is -0.265. The number of rotatable bonds is 6. The first-order chi connectivity index (χ1) is 30.7. The van der Waals surface area contributed by atoms with Crippen molar-refractivity contribution in [1.29, 1.82) is 0 Å². The molecule has 2 N–H and O–H groups in total. The molecule has 1 aliphatic carbocycles. The predicted octanol–water partition coefficient (Wildman–Crippen LogP) is 7.46. The topological polar surface area (TPSA) is 175 Å². The summed E-state index contributed by atoms with van der Waals surface area (Å²) in [6, 6.07) is -1.11. The summed E-state index contributed by atoms with van der Waals surface area (Å²) in [5.74, 6) is -7.07. The maximum atomic E-state index is 14.4. The van der Waals surface area contributed by atoms with E-state index in [1.165, 1.54) is 12.0 Å². The molecule has 13 nitrogen and oxygen atoms in total. The smallest absolute Gasteiger partial charge is 0.329 e. The number of ketones is 3. The van der Waals surface area contributed by atoms with Gasteiger partial charge in [-0.1, -0.05) is 78.0 Å². The molecule has 4 aliphatic rings. The Kier molecular flexibility index (Phi) is 21.0. The minimum atomic E-state index is -2.41. The van der Waals surface area contributed by atoms with Crippen molar-refractivity contribution >= 4 is 29.2 Å². The molecule has 0 unspecified atom stereocenters. The number of nitrogens with zero attached hydrogens (tertiary/aromatic N) is 1. The van der Waals surface area contributed by atoms with E-state index < -0.39 is 77.8 Å². The highest BCUT2D eigenvalue weighted by molar-refractivity contribution is 6.39. The summed E-state index contributed by atoms with van der Waals surface area (Å²) < 4.78 is 29.7. The second-order valence-electron chi connectivity index (χ2n) is 20.0. The lowest BCUT2D eigenvalue weighted by Gasteiger charge is -2.42. The highest BCUT2D eigenvalue weighted by Crippen LogP contribution is 2.38. The van der Waals surface area contributed by atoms with E-state index in [2.05, 4.69) is 6.92 Å². The zero-order valence-electron chi connectivity index (χ0n) is 41.2. The summed E-state index contributed by atoms with van der Waals surface area (Å²) in [5.41, 5.74) is 1.30. The van der Waals surface area contributed by atoms with Gasteiger partial charge in [0.05, 0.1) is 18.3 Å². The molecule has 0 aromatic heterocycles. The van der Waals surface area contributed by atoms with Crippen LogP contribution in [0.5, 0.6) is 0 Å². The van der Waals surface area contributed by atoms with Crippen LogP contribution < -0.4 is 0 Å². The van der Waals surface area contributed by atoms with E-state index in [-0.39, 0.29) is 54.8 Å². The number of piperidine rings is 1. The SMILES string of the molecule is CO[C@H]1C[C@@H]2CC[C@@H](C)[C@@](O)(O2)C(=O)C(=O)N2CCCC[C@H]2C(=O)O[C@H]([C@H](C)C[C@@H]2CC[C@H](C)[C@H](OC)C2)CC(=O)[C@H](C)C=C(C)[C@@H](O)[C@@H](OC)C(=O)[C@H](C)C[C@H](C)C=CC=CC=C1C. The molecule has 65 heavy (non-hydrogen) atoms. The van der Waals surface area contributed by atoms with E-state index in [0.29, 0.717) is 56.4 Å². The summed E-state index contributed by atoms with van der Waals surface area (Å²) in [6.07, 6.45) is 13.6. The Bertz CT molecular complexity index is 1750. The highest BCUT2D eigenvalue weighted by Gasteiger charge is 2.53. The van der Waals surface area contributed by atoms with E-state index in [1.807, 2.05) is 58.1 Å². The number of esters is 1. The van der Waals surface area contributed by atoms with E-state index in [4.69, 9.17) is 23.7 Å². The van der Waals surface area contributed by atoms with Crippen molar-refractivity contribution in [3.05, 3.63) is 47.6 Å². The molecule has 0 spiro atoms. The van der Waals surface area contributed by atoms with Crippen molar-refractivity contribution in [3.63, 3.8) is 0 Å². The molecule has 3 heterocycles. The number of methoxy groups -OCH3 is 3. The van der Waals surface area contributed by atoms with Gasteiger partial charge < -0.3 is 38.8 Å². The number of fused-ring (bicyclic) bond motifs is 3. The van der Waals surface area contributed by atoms with Crippen molar-refractivity contribution in [2.45, 2.75) is 181 Å². The maximum Gasteiger partial charge on any atom is 0.329 e. The van der Waals surface area contributed by atoms with Crippen LogP contribution in [0, 0.1) is 41.4 Å². The third-order valence-electron chi connectivity index (χ3n) is 14.8. The van der Waals surface area contributed by atoms with Crippen LogP contribution in [-0.4, -0.2) is 121 Å². The Morgan fingerprint density at radius 1 is 0.846 bits per heavy atom. The molecule has 3 fully saturated rings. The second-order valence-corrected chi connectivity index (χ2v) is 20.0. The Labute approximate surface area is 388 Å². The van der Waals surface area contributed by atoms with Crippen molar-refractivity contribution in [1.82, 2.24) is 4.90 Å². The largest absolute Gasteiger partial charge is 0.460 e. The van der Waals surface area contributed by atoms with Crippen LogP contribution in [-0.2, 0) is 47.7 Å². The summed E-state index contributed by atoms with van der Waals surface area (Å²) >= 11 is 0. The molecule has 15 atom stereocenters. The Balaban J connectivity index is 1.70. The molecule has 13 heteroatoms. The number of cyclic esters (lactones) is 1. The number of hydrogen-bond donors (Lipinski definition) is 2. The number of allylic oxidation sites excluding steroid dienone is 6. The molecule has 4 rings (SSSR count). The minimum Gasteiger partial charge on any atom is -0.460 e. The van der Waals surface area contributed by atoms with E-state index in [1.54, 1.807) is 41.1 Å². The molecule has 1 amide bonds. The van der Waals surface area contributed by atoms with Crippen LogP contribution in [0.1, 0.15) is 132 Å². The van der Waals surface area contributed by atoms with Gasteiger partial charge in [-0.3, -0.25) is 19.2 Å². The quantitative estimate of drug-likeness (QED) is 0.153. The van der Waals surface area contributed by atoms with Crippen molar-refractivity contribution in [2.75, 3.05) is 27.9 Å². The molecule has 0 aromatic rings. The van der Waals surface area contributed by atoms with Gasteiger partial charge in [0.25, 0.3) is 11.7 Å². The standard InChI is InChI=1S/C52H81NO12/c1-31-17-13-12-14-18-32(2)44(62-10)29-40-23-21-38(8)52(60,65-40)49(57)50(58)53-24-16-15-19-41(53)51(59)64-45(35(5)27-39-22-20-33(3)43(28-39)61-9)30-42(54)34(4)26-37(7)47(56)48(63-11)46(55)36(6)25-31/h12-14,17-18,26,31,33-36,38-41,43-45,47-48,56,60H,15-16,19-25,27-30H2,1-11H3/t31-,33+,34-,35-,36-,38-,39+,40+,41+,43-,44+,45+,47-,48+,52-/m1/s1. The third kappa shape index (κ3) is 14.3. The second kappa shape index (κ2) is 25.2. The third-order valence-corrected chi connectivity index (χ3v) is 14.8. The van der Waals surface area contributed by atoms with Gasteiger partial charge in [0.2, 0.25) is 5.79 Å². The summed E-state index contributed by atoms with van der Waals surface area (Å²) in [4.78, 5) is 71.9. The fraction of sp³-hybridized carbons (Fsp3) is 0.750. The van der Waals surface area contributed by atoms with Crippen LogP contribution in [0.4, 0.5) is 0 Å². The van der Waals surface area contributed by atoms with E-state index >= 15 is 0 Å².